The monoisotopic (exact) mass is 248 g/mol. The molecule has 0 bridgehead atoms. The Labute approximate surface area is 108 Å². The van der Waals surface area contributed by atoms with Gasteiger partial charge in [-0.05, 0) is 38.8 Å². The summed E-state index contributed by atoms with van der Waals surface area (Å²) in [5, 5.41) is 0. The molecular weight excluding hydrogens is 228 g/mol. The third kappa shape index (κ3) is 2.03. The quantitative estimate of drug-likeness (QED) is 0.817. The molecule has 4 nitrogen and oxygen atoms in total. The van der Waals surface area contributed by atoms with Gasteiger partial charge < -0.3 is 15.4 Å². The molecule has 0 aromatic heterocycles. The highest BCUT2D eigenvalue weighted by Gasteiger charge is 2.36. The van der Waals surface area contributed by atoms with Gasteiger partial charge in [-0.2, -0.15) is 0 Å². The number of anilines is 1. The maximum absolute atomic E-state index is 12.5. The predicted octanol–water partition coefficient (Wildman–Crippen LogP) is 2.29. The molecule has 18 heavy (non-hydrogen) atoms. The number of likely N-dealkylation sites (tertiary alicyclic amines) is 1. The van der Waals surface area contributed by atoms with Crippen molar-refractivity contribution in [2.24, 2.45) is 0 Å². The van der Waals surface area contributed by atoms with Crippen LogP contribution >= 0.6 is 0 Å². The maximum atomic E-state index is 12.5. The van der Waals surface area contributed by atoms with Crippen molar-refractivity contribution in [3.8, 4) is 5.75 Å². The van der Waals surface area contributed by atoms with E-state index in [9.17, 15) is 4.79 Å². The second-order valence-corrected chi connectivity index (χ2v) is 5.29. The number of para-hydroxylation sites is 1. The molecule has 0 atom stereocenters. The predicted molar refractivity (Wildman–Crippen MR) is 71.8 cm³/mol. The molecule has 1 saturated heterocycles. The van der Waals surface area contributed by atoms with E-state index in [1.165, 1.54) is 0 Å². The number of carbonyl (C=O) groups excluding carboxylic acids is 1. The Balaban J connectivity index is 2.35. The van der Waals surface area contributed by atoms with Crippen LogP contribution in [0.2, 0.25) is 0 Å². The van der Waals surface area contributed by atoms with E-state index in [1.807, 2.05) is 4.90 Å². The van der Waals surface area contributed by atoms with Gasteiger partial charge in [-0.25, -0.2) is 0 Å². The molecule has 1 amide bonds. The fraction of sp³-hybridized carbons (Fsp3) is 0.500. The van der Waals surface area contributed by atoms with E-state index in [0.717, 1.165) is 19.4 Å². The average Bonchev–Trinajstić information content (AvgIpc) is 2.68. The van der Waals surface area contributed by atoms with Crippen LogP contribution in [0.25, 0.3) is 0 Å². The Hall–Kier alpha value is -1.71. The van der Waals surface area contributed by atoms with Gasteiger partial charge in [-0.15, -0.1) is 0 Å². The number of nitrogens with zero attached hydrogens (tertiary/aromatic N) is 1. The highest BCUT2D eigenvalue weighted by Crippen LogP contribution is 2.32. The van der Waals surface area contributed by atoms with E-state index in [2.05, 4.69) is 13.8 Å². The van der Waals surface area contributed by atoms with Gasteiger partial charge in [-0.3, -0.25) is 4.79 Å². The Morgan fingerprint density at radius 2 is 2.17 bits per heavy atom. The van der Waals surface area contributed by atoms with Gasteiger partial charge in [0.05, 0.1) is 18.4 Å². The Kier molecular flexibility index (Phi) is 3.20. The fourth-order valence-electron chi connectivity index (χ4n) is 2.54. The maximum Gasteiger partial charge on any atom is 0.256 e. The molecule has 0 aliphatic carbocycles. The van der Waals surface area contributed by atoms with Crippen LogP contribution in [0.4, 0.5) is 5.69 Å². The summed E-state index contributed by atoms with van der Waals surface area (Å²) < 4.78 is 5.15. The van der Waals surface area contributed by atoms with Gasteiger partial charge in [0, 0.05) is 12.1 Å². The van der Waals surface area contributed by atoms with E-state index in [0.29, 0.717) is 17.0 Å². The summed E-state index contributed by atoms with van der Waals surface area (Å²) in [6.45, 7) is 4.98. The van der Waals surface area contributed by atoms with Crippen LogP contribution in [0.1, 0.15) is 37.0 Å². The number of amides is 1. The van der Waals surface area contributed by atoms with Crippen molar-refractivity contribution in [1.82, 2.24) is 4.90 Å². The van der Waals surface area contributed by atoms with E-state index in [4.69, 9.17) is 10.5 Å². The van der Waals surface area contributed by atoms with E-state index < -0.39 is 0 Å². The highest BCUT2D eigenvalue weighted by atomic mass is 16.5. The van der Waals surface area contributed by atoms with Crippen molar-refractivity contribution in [3.05, 3.63) is 23.8 Å². The van der Waals surface area contributed by atoms with Crippen molar-refractivity contribution in [2.45, 2.75) is 32.2 Å². The van der Waals surface area contributed by atoms with Crippen LogP contribution in [0.15, 0.2) is 18.2 Å². The van der Waals surface area contributed by atoms with Crippen molar-refractivity contribution in [2.75, 3.05) is 19.4 Å². The zero-order chi connectivity index (χ0) is 13.3. The summed E-state index contributed by atoms with van der Waals surface area (Å²) in [4.78, 5) is 14.4. The van der Waals surface area contributed by atoms with E-state index in [1.54, 1.807) is 25.3 Å². The number of carbonyl (C=O) groups is 1. The lowest BCUT2D eigenvalue weighted by Gasteiger charge is -2.32. The summed E-state index contributed by atoms with van der Waals surface area (Å²) in [7, 11) is 1.56. The lowest BCUT2D eigenvalue weighted by molar-refractivity contribution is 0.0653. The molecule has 1 fully saturated rings. The summed E-state index contributed by atoms with van der Waals surface area (Å²) in [6, 6.07) is 5.32. The van der Waals surface area contributed by atoms with Gasteiger partial charge in [0.2, 0.25) is 0 Å². The van der Waals surface area contributed by atoms with Crippen LogP contribution < -0.4 is 10.5 Å². The molecule has 2 N–H and O–H groups in total. The third-order valence-corrected chi connectivity index (χ3v) is 3.66. The number of nitrogens with two attached hydrogens (primary N) is 1. The first-order valence-electron chi connectivity index (χ1n) is 6.22. The standard InChI is InChI=1S/C14H20N2O2/c1-14(2)8-5-9-16(14)13(17)10-6-4-7-11(18-3)12(10)15/h4,6-7H,5,8-9,15H2,1-3H3. The van der Waals surface area contributed by atoms with Gasteiger partial charge in [0.15, 0.2) is 0 Å². The molecule has 4 heteroatoms. The topological polar surface area (TPSA) is 55.6 Å². The second kappa shape index (κ2) is 4.52. The number of benzene rings is 1. The largest absolute Gasteiger partial charge is 0.495 e. The van der Waals surface area contributed by atoms with E-state index >= 15 is 0 Å². The Morgan fingerprint density at radius 3 is 2.72 bits per heavy atom. The van der Waals surface area contributed by atoms with Crippen LogP contribution in [-0.4, -0.2) is 30.0 Å². The summed E-state index contributed by atoms with van der Waals surface area (Å²) in [6.07, 6.45) is 2.07. The zero-order valence-corrected chi connectivity index (χ0v) is 11.2. The lowest BCUT2D eigenvalue weighted by atomic mass is 10.0. The van der Waals surface area contributed by atoms with Crippen molar-refractivity contribution >= 4 is 11.6 Å². The molecule has 98 valence electrons. The molecule has 1 aliphatic heterocycles. The minimum Gasteiger partial charge on any atom is -0.495 e. The average molecular weight is 248 g/mol. The summed E-state index contributed by atoms with van der Waals surface area (Å²) in [5.74, 6) is 0.548. The normalized spacial score (nSPS) is 17.8. The SMILES string of the molecule is COc1cccc(C(=O)N2CCCC2(C)C)c1N. The Morgan fingerprint density at radius 1 is 1.44 bits per heavy atom. The first-order valence-corrected chi connectivity index (χ1v) is 6.22. The first-order chi connectivity index (χ1) is 8.47. The molecule has 1 aromatic carbocycles. The number of hydrogen-bond acceptors (Lipinski definition) is 3. The molecule has 0 radical (unpaired) electrons. The van der Waals surface area contributed by atoms with Gasteiger partial charge >= 0.3 is 0 Å². The highest BCUT2D eigenvalue weighted by molar-refractivity contribution is 6.00. The van der Waals surface area contributed by atoms with Crippen LogP contribution in [0, 0.1) is 0 Å². The molecule has 0 spiro atoms. The lowest BCUT2D eigenvalue weighted by Crippen LogP contribution is -2.42. The molecule has 1 aromatic rings. The van der Waals surface area contributed by atoms with Crippen LogP contribution in [-0.2, 0) is 0 Å². The van der Waals surface area contributed by atoms with Gasteiger partial charge in [0.25, 0.3) is 5.91 Å². The van der Waals surface area contributed by atoms with Crippen LogP contribution in [0.3, 0.4) is 0 Å². The van der Waals surface area contributed by atoms with Crippen molar-refractivity contribution in [1.29, 1.82) is 0 Å². The zero-order valence-electron chi connectivity index (χ0n) is 11.2. The number of rotatable bonds is 2. The molecule has 0 saturated carbocycles. The molecule has 1 heterocycles. The fourth-order valence-corrected chi connectivity index (χ4v) is 2.54. The van der Waals surface area contributed by atoms with Crippen molar-refractivity contribution in [3.63, 3.8) is 0 Å². The minimum absolute atomic E-state index is 0.00565. The number of hydrogen-bond donors (Lipinski definition) is 1. The second-order valence-electron chi connectivity index (χ2n) is 5.29. The summed E-state index contributed by atoms with van der Waals surface area (Å²) >= 11 is 0. The Bertz CT molecular complexity index is 469. The number of methoxy groups -OCH3 is 1. The third-order valence-electron chi connectivity index (χ3n) is 3.66. The first kappa shape index (κ1) is 12.7. The molecular formula is C14H20N2O2. The number of nitrogen functional groups attached to an aromatic ring is 1. The molecule has 0 unspecified atom stereocenters. The van der Waals surface area contributed by atoms with E-state index in [-0.39, 0.29) is 11.4 Å². The van der Waals surface area contributed by atoms with Crippen LogP contribution in [0.5, 0.6) is 5.75 Å². The van der Waals surface area contributed by atoms with Gasteiger partial charge in [-0.1, -0.05) is 6.07 Å². The van der Waals surface area contributed by atoms with Crippen molar-refractivity contribution < 1.29 is 9.53 Å². The summed E-state index contributed by atoms with van der Waals surface area (Å²) in [5.41, 5.74) is 6.84. The minimum atomic E-state index is -0.0907. The number of ether oxygens (including phenoxy) is 1. The van der Waals surface area contributed by atoms with Gasteiger partial charge in [0.1, 0.15) is 5.75 Å². The molecule has 1 aliphatic rings. The molecule has 2 rings (SSSR count). The smallest absolute Gasteiger partial charge is 0.256 e.